The molecule has 1 saturated heterocycles. The molecule has 10 heteroatoms. The molecule has 0 spiro atoms. The fourth-order valence-electron chi connectivity index (χ4n) is 2.31. The molecule has 3 rings (SSSR count). The number of sulfone groups is 1. The van der Waals surface area contributed by atoms with Gasteiger partial charge in [-0.25, -0.2) is 13.4 Å². The summed E-state index contributed by atoms with van der Waals surface area (Å²) in [5.74, 6) is 0.930. The van der Waals surface area contributed by atoms with Crippen molar-refractivity contribution in [1.29, 1.82) is 0 Å². The predicted octanol–water partition coefficient (Wildman–Crippen LogP) is 0.852. The van der Waals surface area contributed by atoms with Gasteiger partial charge < -0.3 is 5.32 Å². The van der Waals surface area contributed by atoms with Crippen LogP contribution >= 0.6 is 23.1 Å². The molecule has 2 aromatic heterocycles. The number of carbonyl (C=O) groups excluding carboxylic acids is 1. The minimum atomic E-state index is -2.98. The van der Waals surface area contributed by atoms with E-state index in [1.54, 1.807) is 11.3 Å². The highest BCUT2D eigenvalue weighted by Gasteiger charge is 2.28. The second kappa shape index (κ2) is 7.02. The number of hydrogen-bond donors (Lipinski definition) is 2. The topological polar surface area (TPSA) is 105 Å². The van der Waals surface area contributed by atoms with Gasteiger partial charge in [0.15, 0.2) is 9.84 Å². The zero-order chi connectivity index (χ0) is 16.3. The lowest BCUT2D eigenvalue weighted by atomic mass is 10.3. The second-order valence-electron chi connectivity index (χ2n) is 5.28. The van der Waals surface area contributed by atoms with Crippen LogP contribution in [-0.4, -0.2) is 52.8 Å². The van der Waals surface area contributed by atoms with Crippen molar-refractivity contribution in [3.05, 3.63) is 28.2 Å². The van der Waals surface area contributed by atoms with Crippen LogP contribution in [0.4, 0.5) is 0 Å². The number of aromatic nitrogens is 3. The number of thiophene rings is 1. The van der Waals surface area contributed by atoms with E-state index in [9.17, 15) is 13.2 Å². The Balaban J connectivity index is 1.45. The molecule has 124 valence electrons. The Morgan fingerprint density at radius 3 is 3.09 bits per heavy atom. The molecule has 1 fully saturated rings. The van der Waals surface area contributed by atoms with E-state index in [0.29, 0.717) is 18.0 Å². The average Bonchev–Trinajstić information content (AvgIpc) is 3.20. The zero-order valence-corrected chi connectivity index (χ0v) is 14.6. The Hall–Kier alpha value is -1.39. The Labute approximate surface area is 142 Å². The van der Waals surface area contributed by atoms with Crippen LogP contribution in [-0.2, 0) is 21.1 Å². The Morgan fingerprint density at radius 1 is 1.52 bits per heavy atom. The zero-order valence-electron chi connectivity index (χ0n) is 12.2. The van der Waals surface area contributed by atoms with Crippen molar-refractivity contribution in [2.24, 2.45) is 0 Å². The van der Waals surface area contributed by atoms with Crippen molar-refractivity contribution in [1.82, 2.24) is 20.5 Å². The first-order valence-electron chi connectivity index (χ1n) is 7.06. The van der Waals surface area contributed by atoms with Crippen LogP contribution in [0.5, 0.6) is 0 Å². The summed E-state index contributed by atoms with van der Waals surface area (Å²) < 4.78 is 22.7. The van der Waals surface area contributed by atoms with Crippen molar-refractivity contribution in [2.45, 2.75) is 24.0 Å². The quantitative estimate of drug-likeness (QED) is 0.729. The summed E-state index contributed by atoms with van der Waals surface area (Å²) in [4.78, 5) is 17.4. The molecule has 2 N–H and O–H groups in total. The monoisotopic (exact) mass is 372 g/mol. The number of nitrogens with one attached hydrogen (secondary N) is 2. The summed E-state index contributed by atoms with van der Waals surface area (Å²) in [6.07, 6.45) is 1.18. The van der Waals surface area contributed by atoms with Crippen LogP contribution in [0.25, 0.3) is 0 Å². The van der Waals surface area contributed by atoms with Gasteiger partial charge in [0, 0.05) is 17.3 Å². The van der Waals surface area contributed by atoms with E-state index in [-0.39, 0.29) is 29.2 Å². The largest absolute Gasteiger partial charge is 0.352 e. The van der Waals surface area contributed by atoms with Gasteiger partial charge in [0.2, 0.25) is 11.1 Å². The highest BCUT2D eigenvalue weighted by atomic mass is 32.2. The molecule has 7 nitrogen and oxygen atoms in total. The van der Waals surface area contributed by atoms with Gasteiger partial charge in [0.25, 0.3) is 0 Å². The molecule has 1 amide bonds. The van der Waals surface area contributed by atoms with E-state index in [1.807, 2.05) is 17.5 Å². The Morgan fingerprint density at radius 2 is 2.39 bits per heavy atom. The lowest BCUT2D eigenvalue weighted by Gasteiger charge is -2.09. The van der Waals surface area contributed by atoms with Crippen molar-refractivity contribution >= 4 is 38.8 Å². The Bertz CT molecular complexity index is 770. The summed E-state index contributed by atoms with van der Waals surface area (Å²) in [7, 11) is -2.98. The first-order chi connectivity index (χ1) is 11.0. The van der Waals surface area contributed by atoms with Gasteiger partial charge >= 0.3 is 0 Å². The van der Waals surface area contributed by atoms with E-state index < -0.39 is 9.84 Å². The van der Waals surface area contributed by atoms with Crippen LogP contribution in [0.1, 0.15) is 17.1 Å². The van der Waals surface area contributed by atoms with Crippen molar-refractivity contribution in [3.63, 3.8) is 0 Å². The number of hydrogen-bond acceptors (Lipinski definition) is 7. The second-order valence-corrected chi connectivity index (χ2v) is 9.48. The van der Waals surface area contributed by atoms with E-state index >= 15 is 0 Å². The van der Waals surface area contributed by atoms with E-state index in [4.69, 9.17) is 0 Å². The van der Waals surface area contributed by atoms with Gasteiger partial charge in [-0.05, 0) is 17.9 Å². The molecule has 0 saturated carbocycles. The molecule has 3 heterocycles. The Kier molecular flexibility index (Phi) is 5.02. The molecule has 1 aliphatic rings. The maximum Gasteiger partial charge on any atom is 0.230 e. The first kappa shape index (κ1) is 16.5. The number of nitrogens with zero attached hydrogens (tertiary/aromatic N) is 2. The summed E-state index contributed by atoms with van der Waals surface area (Å²) >= 11 is 2.89. The number of aromatic amines is 1. The van der Waals surface area contributed by atoms with Gasteiger partial charge in [-0.3, -0.25) is 9.89 Å². The van der Waals surface area contributed by atoms with Crippen molar-refractivity contribution in [3.8, 4) is 0 Å². The molecule has 0 aromatic carbocycles. The number of amides is 1. The molecule has 23 heavy (non-hydrogen) atoms. The standard InChI is InChI=1S/C13H16N4O3S3/c18-12(14-9-3-5-23(19,20)8-9)7-22-13-15-11(16-17-13)6-10-2-1-4-21-10/h1-2,4,9H,3,5-8H2,(H,14,18)(H,15,16,17). The van der Waals surface area contributed by atoms with Gasteiger partial charge in [0.05, 0.1) is 17.3 Å². The third-order valence-electron chi connectivity index (χ3n) is 3.36. The van der Waals surface area contributed by atoms with Crippen molar-refractivity contribution < 1.29 is 13.2 Å². The molecular weight excluding hydrogens is 356 g/mol. The lowest BCUT2D eigenvalue weighted by molar-refractivity contribution is -0.119. The van der Waals surface area contributed by atoms with Crippen LogP contribution < -0.4 is 5.32 Å². The SMILES string of the molecule is O=C(CSc1n[nH]c(Cc2cccs2)n1)NC1CCS(=O)(=O)C1. The molecule has 2 aromatic rings. The first-order valence-corrected chi connectivity index (χ1v) is 10.7. The number of rotatable bonds is 6. The van der Waals surface area contributed by atoms with E-state index in [2.05, 4.69) is 20.5 Å². The van der Waals surface area contributed by atoms with Crippen LogP contribution in [0.15, 0.2) is 22.7 Å². The maximum atomic E-state index is 11.9. The summed E-state index contributed by atoms with van der Waals surface area (Å²) in [5.41, 5.74) is 0. The van der Waals surface area contributed by atoms with Crippen LogP contribution in [0.3, 0.4) is 0 Å². The smallest absolute Gasteiger partial charge is 0.230 e. The fourth-order valence-corrected chi connectivity index (χ4v) is 5.32. The predicted molar refractivity (Wildman–Crippen MR) is 89.4 cm³/mol. The molecule has 0 radical (unpaired) electrons. The lowest BCUT2D eigenvalue weighted by Crippen LogP contribution is -2.36. The molecule has 0 bridgehead atoms. The highest BCUT2D eigenvalue weighted by molar-refractivity contribution is 7.99. The van der Waals surface area contributed by atoms with Crippen LogP contribution in [0.2, 0.25) is 0 Å². The summed E-state index contributed by atoms with van der Waals surface area (Å²) in [6.45, 7) is 0. The fraction of sp³-hybridized carbons (Fsp3) is 0.462. The molecular formula is C13H16N4O3S3. The molecule has 1 unspecified atom stereocenters. The van der Waals surface area contributed by atoms with E-state index in [0.717, 1.165) is 5.82 Å². The van der Waals surface area contributed by atoms with Gasteiger partial charge in [-0.15, -0.1) is 16.4 Å². The molecule has 0 aliphatic carbocycles. The minimum absolute atomic E-state index is 0.0367. The van der Waals surface area contributed by atoms with Gasteiger partial charge in [-0.1, -0.05) is 17.8 Å². The number of thioether (sulfide) groups is 1. The highest BCUT2D eigenvalue weighted by Crippen LogP contribution is 2.17. The minimum Gasteiger partial charge on any atom is -0.352 e. The van der Waals surface area contributed by atoms with Gasteiger partial charge in [0.1, 0.15) is 5.82 Å². The van der Waals surface area contributed by atoms with Crippen LogP contribution in [0, 0.1) is 0 Å². The maximum absolute atomic E-state index is 11.9. The van der Waals surface area contributed by atoms with E-state index in [1.165, 1.54) is 16.6 Å². The normalized spacial score (nSPS) is 19.7. The van der Waals surface area contributed by atoms with Crippen molar-refractivity contribution in [2.75, 3.05) is 17.3 Å². The third-order valence-corrected chi connectivity index (χ3v) is 6.85. The number of H-pyrrole nitrogens is 1. The third kappa shape index (κ3) is 4.79. The number of carbonyl (C=O) groups is 1. The van der Waals surface area contributed by atoms with Gasteiger partial charge in [-0.2, -0.15) is 0 Å². The molecule has 1 atom stereocenters. The summed E-state index contributed by atoms with van der Waals surface area (Å²) in [5, 5.41) is 12.2. The molecule has 1 aliphatic heterocycles. The summed E-state index contributed by atoms with van der Waals surface area (Å²) in [6, 6.07) is 3.75. The average molecular weight is 372 g/mol.